The Morgan fingerprint density at radius 1 is 1.24 bits per heavy atom. The monoisotopic (exact) mass is 578 g/mol. The number of carbonyl (C=O) groups excluding carboxylic acids is 2. The van der Waals surface area contributed by atoms with Crippen LogP contribution in [0.3, 0.4) is 0 Å². The van der Waals surface area contributed by atoms with Gasteiger partial charge >= 0.3 is 24.1 Å². The summed E-state index contributed by atoms with van der Waals surface area (Å²) < 4.78 is 46.5. The van der Waals surface area contributed by atoms with Gasteiger partial charge in [-0.3, -0.25) is 5.73 Å². The minimum Gasteiger partial charge on any atom is -0.465 e. The second kappa shape index (κ2) is 11.0. The van der Waals surface area contributed by atoms with Gasteiger partial charge in [-0.2, -0.15) is 23.3 Å². The van der Waals surface area contributed by atoms with E-state index in [-0.39, 0.29) is 22.9 Å². The summed E-state index contributed by atoms with van der Waals surface area (Å²) in [5.74, 6) is -1.12. The molecule has 0 spiro atoms. The van der Waals surface area contributed by atoms with Gasteiger partial charge in [-0.1, -0.05) is 28.1 Å². The Kier molecular flexibility index (Phi) is 8.28. The Morgan fingerprint density at radius 3 is 2.51 bits per heavy atom. The molecule has 8 nitrogen and oxygen atoms in total. The number of aryl methyl sites for hydroxylation is 1. The van der Waals surface area contributed by atoms with Gasteiger partial charge in [-0.15, -0.1) is 0 Å². The molecule has 1 aliphatic heterocycles. The Morgan fingerprint density at radius 2 is 1.95 bits per heavy atom. The molecule has 3 rings (SSSR count). The van der Waals surface area contributed by atoms with Crippen LogP contribution in [0.1, 0.15) is 41.6 Å². The normalized spacial score (nSPS) is 16.0. The summed E-state index contributed by atoms with van der Waals surface area (Å²) in [5, 5.41) is 10.1. The highest BCUT2D eigenvalue weighted by atomic mass is 79.9. The van der Waals surface area contributed by atoms with Crippen LogP contribution in [0.4, 0.5) is 23.7 Å². The fraction of sp³-hybridized carbons (Fsp3) is 0.280. The highest BCUT2D eigenvalue weighted by Gasteiger charge is 2.47. The highest BCUT2D eigenvalue weighted by Crippen LogP contribution is 2.40. The number of hydrogen-bond donors (Lipinski definition) is 2. The first-order valence-corrected chi connectivity index (χ1v) is 12.1. The molecule has 0 aromatic heterocycles. The Balaban J connectivity index is 2.36. The maximum Gasteiger partial charge on any atom is 0.416 e. The minimum atomic E-state index is -4.64. The maximum absolute atomic E-state index is 13.4. The number of ether oxygens (including phenoxy) is 1. The lowest BCUT2D eigenvalue weighted by molar-refractivity contribution is -0.396. The smallest absolute Gasteiger partial charge is 0.416 e. The molecule has 4 N–H and O–H groups in total. The quantitative estimate of drug-likeness (QED) is 0.297. The third-order valence-corrected chi connectivity index (χ3v) is 6.51. The van der Waals surface area contributed by atoms with E-state index in [2.05, 4.69) is 22.0 Å². The molecule has 1 aliphatic rings. The third kappa shape index (κ3) is 5.46. The van der Waals surface area contributed by atoms with E-state index in [9.17, 15) is 28.0 Å². The number of halogens is 4. The number of allylic oxidation sites excluding steroid dienone is 1. The van der Waals surface area contributed by atoms with Gasteiger partial charge in [0.05, 0.1) is 30.0 Å². The van der Waals surface area contributed by atoms with Crippen LogP contribution in [0, 0.1) is 11.3 Å². The zero-order valence-electron chi connectivity index (χ0n) is 20.0. The SMILES string of the molecule is COC(=O)C1=C(C)[N+](c2cccc(C(F)(F)F)c2)=C(N)N(C(N)=O)[C@@H]1c1ccc(C#N)cc1CCCBr. The molecule has 2 aromatic rings. The van der Waals surface area contributed by atoms with Gasteiger partial charge in [0.1, 0.15) is 17.3 Å². The lowest BCUT2D eigenvalue weighted by atomic mass is 9.88. The number of rotatable bonds is 6. The molecule has 0 saturated carbocycles. The molecule has 194 valence electrons. The molecular weight excluding hydrogens is 555 g/mol. The summed E-state index contributed by atoms with van der Waals surface area (Å²) in [4.78, 5) is 26.8. The largest absolute Gasteiger partial charge is 0.465 e. The van der Waals surface area contributed by atoms with Crippen molar-refractivity contribution in [2.75, 3.05) is 12.4 Å². The summed E-state index contributed by atoms with van der Waals surface area (Å²) in [6, 6.07) is 8.97. The van der Waals surface area contributed by atoms with Crippen molar-refractivity contribution in [3.63, 3.8) is 0 Å². The van der Waals surface area contributed by atoms with E-state index in [1.54, 1.807) is 12.1 Å². The number of benzene rings is 2. The molecule has 0 fully saturated rings. The van der Waals surface area contributed by atoms with Gasteiger partial charge in [0.15, 0.2) is 0 Å². The van der Waals surface area contributed by atoms with Gasteiger partial charge in [0.25, 0.3) is 0 Å². The van der Waals surface area contributed by atoms with E-state index in [1.807, 2.05) is 0 Å². The summed E-state index contributed by atoms with van der Waals surface area (Å²) in [6.07, 6.45) is -3.47. The number of esters is 1. The lowest BCUT2D eigenvalue weighted by Gasteiger charge is -2.33. The minimum absolute atomic E-state index is 0.0322. The number of nitrogens with two attached hydrogens (primary N) is 2. The zero-order chi connectivity index (χ0) is 27.5. The van der Waals surface area contributed by atoms with Crippen molar-refractivity contribution in [3.8, 4) is 6.07 Å². The predicted octanol–water partition coefficient (Wildman–Crippen LogP) is 4.45. The molecule has 0 radical (unpaired) electrons. The molecule has 37 heavy (non-hydrogen) atoms. The summed E-state index contributed by atoms with van der Waals surface area (Å²) >= 11 is 3.37. The average molecular weight is 579 g/mol. The van der Waals surface area contributed by atoms with Crippen molar-refractivity contribution < 1.29 is 32.1 Å². The Labute approximate surface area is 219 Å². The molecule has 0 aliphatic carbocycles. The van der Waals surface area contributed by atoms with Crippen LogP contribution in [0.25, 0.3) is 0 Å². The third-order valence-electron chi connectivity index (χ3n) is 5.95. The number of guanidine groups is 1. The van der Waals surface area contributed by atoms with Crippen LogP contribution in [0.15, 0.2) is 53.7 Å². The molecule has 2 amide bonds. The van der Waals surface area contributed by atoms with E-state index in [0.717, 1.165) is 28.7 Å². The van der Waals surface area contributed by atoms with E-state index in [4.69, 9.17) is 16.2 Å². The molecule has 1 atom stereocenters. The molecule has 0 unspecified atom stereocenters. The van der Waals surface area contributed by atoms with Crippen molar-refractivity contribution in [1.82, 2.24) is 4.90 Å². The van der Waals surface area contributed by atoms with Crippen LogP contribution in [-0.2, 0) is 22.1 Å². The van der Waals surface area contributed by atoms with Crippen LogP contribution in [-0.4, -0.2) is 39.9 Å². The number of amides is 2. The molecule has 12 heteroatoms. The number of primary amides is 1. The Bertz CT molecular complexity index is 1350. The van der Waals surface area contributed by atoms with Gasteiger partial charge in [-0.25, -0.2) is 14.2 Å². The van der Waals surface area contributed by atoms with E-state index < -0.39 is 29.8 Å². The number of nitrogens with zero attached hydrogens (tertiary/aromatic N) is 3. The number of hydrogen-bond acceptors (Lipinski definition) is 5. The van der Waals surface area contributed by atoms with Gasteiger partial charge in [0, 0.05) is 5.33 Å². The van der Waals surface area contributed by atoms with E-state index in [0.29, 0.717) is 34.9 Å². The lowest BCUT2D eigenvalue weighted by Crippen LogP contribution is -2.54. The first kappa shape index (κ1) is 27.7. The number of nitriles is 1. The fourth-order valence-electron chi connectivity index (χ4n) is 4.33. The number of alkyl halides is 4. The molecule has 0 bridgehead atoms. The van der Waals surface area contributed by atoms with Gasteiger partial charge < -0.3 is 10.5 Å². The average Bonchev–Trinajstić information content (AvgIpc) is 2.86. The van der Waals surface area contributed by atoms with Gasteiger partial charge in [-0.05, 0) is 61.2 Å². The van der Waals surface area contributed by atoms with Gasteiger partial charge in [0.2, 0.25) is 0 Å². The van der Waals surface area contributed by atoms with Crippen molar-refractivity contribution in [2.24, 2.45) is 11.5 Å². The first-order valence-electron chi connectivity index (χ1n) is 11.0. The topological polar surface area (TPSA) is 125 Å². The summed E-state index contributed by atoms with van der Waals surface area (Å²) in [5.41, 5.74) is 12.8. The van der Waals surface area contributed by atoms with Crippen molar-refractivity contribution >= 4 is 39.6 Å². The second-order valence-corrected chi connectivity index (χ2v) is 8.95. The molecule has 2 aromatic carbocycles. The summed E-state index contributed by atoms with van der Waals surface area (Å²) in [7, 11) is 1.15. The summed E-state index contributed by atoms with van der Waals surface area (Å²) in [6.45, 7) is 1.49. The Hall–Kier alpha value is -3.85. The van der Waals surface area contributed by atoms with E-state index in [1.165, 1.54) is 25.1 Å². The van der Waals surface area contributed by atoms with Crippen LogP contribution >= 0.6 is 15.9 Å². The van der Waals surface area contributed by atoms with Crippen LogP contribution in [0.2, 0.25) is 0 Å². The molecule has 1 heterocycles. The number of carbonyl (C=O) groups is 2. The van der Waals surface area contributed by atoms with Crippen LogP contribution < -0.4 is 11.5 Å². The fourth-order valence-corrected chi connectivity index (χ4v) is 4.61. The molecular formula is C25H24BrF3N5O3+. The number of methoxy groups -OCH3 is 1. The van der Waals surface area contributed by atoms with Crippen molar-refractivity contribution in [1.29, 1.82) is 5.26 Å². The van der Waals surface area contributed by atoms with E-state index >= 15 is 0 Å². The second-order valence-electron chi connectivity index (χ2n) is 8.16. The predicted molar refractivity (Wildman–Crippen MR) is 133 cm³/mol. The zero-order valence-corrected chi connectivity index (χ0v) is 21.6. The highest BCUT2D eigenvalue weighted by molar-refractivity contribution is 9.09. The van der Waals surface area contributed by atoms with Crippen molar-refractivity contribution in [3.05, 3.63) is 76.0 Å². The maximum atomic E-state index is 13.4. The van der Waals surface area contributed by atoms with Crippen LogP contribution in [0.5, 0.6) is 0 Å². The standard InChI is InChI=1S/C25H23BrF3N5O3/c1-14-20(22(35)37-2)21(19-9-8-15(13-30)11-16(19)5-4-10-26)34(24(32)36)23(31)33(14)18-7-3-6-17(12-18)25(27,28)29/h3,6-9,11-12,21,31H,4-5,10H2,1-2H3,(H2,32,36)/p+1/t21-/m1/s1. The number of urea groups is 1. The molecule has 0 saturated heterocycles. The first-order chi connectivity index (χ1) is 17.5. The van der Waals surface area contributed by atoms with Crippen molar-refractivity contribution in [2.45, 2.75) is 32.0 Å².